The standard InChI is InChI=1S/C15H25NO4/c1-4-19-14-7-5-6-13(12-16-8-9-17-2)15(14)20-11-10-18-3/h5-7,16H,4,8-12H2,1-3H3. The monoisotopic (exact) mass is 283 g/mol. The lowest BCUT2D eigenvalue weighted by Crippen LogP contribution is -2.19. The Labute approximate surface area is 121 Å². The third-order valence-corrected chi connectivity index (χ3v) is 2.69. The topological polar surface area (TPSA) is 49.0 Å². The second-order valence-electron chi connectivity index (χ2n) is 4.19. The molecule has 0 heterocycles. The van der Waals surface area contributed by atoms with Gasteiger partial charge in [-0.2, -0.15) is 0 Å². The molecule has 5 nitrogen and oxygen atoms in total. The van der Waals surface area contributed by atoms with Crippen molar-refractivity contribution in [3.8, 4) is 11.5 Å². The number of rotatable bonds is 11. The highest BCUT2D eigenvalue weighted by atomic mass is 16.5. The molecule has 1 rings (SSSR count). The van der Waals surface area contributed by atoms with Crippen molar-refractivity contribution < 1.29 is 18.9 Å². The highest BCUT2D eigenvalue weighted by molar-refractivity contribution is 5.46. The van der Waals surface area contributed by atoms with Crippen LogP contribution in [0.3, 0.4) is 0 Å². The smallest absolute Gasteiger partial charge is 0.165 e. The van der Waals surface area contributed by atoms with Gasteiger partial charge >= 0.3 is 0 Å². The summed E-state index contributed by atoms with van der Waals surface area (Å²) in [4.78, 5) is 0. The molecule has 114 valence electrons. The average molecular weight is 283 g/mol. The molecule has 1 aromatic rings. The van der Waals surface area contributed by atoms with Crippen molar-refractivity contribution in [2.45, 2.75) is 13.5 Å². The molecule has 1 aromatic carbocycles. The van der Waals surface area contributed by atoms with Crippen LogP contribution in [-0.2, 0) is 16.0 Å². The fourth-order valence-corrected chi connectivity index (χ4v) is 1.76. The minimum atomic E-state index is 0.506. The van der Waals surface area contributed by atoms with Crippen LogP contribution in [0.4, 0.5) is 0 Å². The van der Waals surface area contributed by atoms with Gasteiger partial charge < -0.3 is 24.3 Å². The Morgan fingerprint density at radius 1 is 1.00 bits per heavy atom. The minimum Gasteiger partial charge on any atom is -0.490 e. The molecule has 0 saturated heterocycles. The van der Waals surface area contributed by atoms with Crippen LogP contribution in [0.1, 0.15) is 12.5 Å². The van der Waals surface area contributed by atoms with Crippen LogP contribution in [0.15, 0.2) is 18.2 Å². The van der Waals surface area contributed by atoms with Gasteiger partial charge in [-0.15, -0.1) is 0 Å². The van der Waals surface area contributed by atoms with E-state index in [1.165, 1.54) is 0 Å². The lowest BCUT2D eigenvalue weighted by Gasteiger charge is -2.16. The Bertz CT molecular complexity index is 371. The summed E-state index contributed by atoms with van der Waals surface area (Å²) in [6.07, 6.45) is 0. The van der Waals surface area contributed by atoms with Crippen molar-refractivity contribution in [3.63, 3.8) is 0 Å². The summed E-state index contributed by atoms with van der Waals surface area (Å²) in [5.74, 6) is 1.56. The van der Waals surface area contributed by atoms with E-state index in [4.69, 9.17) is 18.9 Å². The SMILES string of the molecule is CCOc1cccc(CNCCOC)c1OCCOC. The van der Waals surface area contributed by atoms with Crippen LogP contribution in [0.5, 0.6) is 11.5 Å². The van der Waals surface area contributed by atoms with E-state index < -0.39 is 0 Å². The van der Waals surface area contributed by atoms with E-state index in [0.29, 0.717) is 33.0 Å². The van der Waals surface area contributed by atoms with Crippen LogP contribution < -0.4 is 14.8 Å². The third-order valence-electron chi connectivity index (χ3n) is 2.69. The Balaban J connectivity index is 2.70. The van der Waals surface area contributed by atoms with Gasteiger partial charge in [-0.3, -0.25) is 0 Å². The predicted octanol–water partition coefficient (Wildman–Crippen LogP) is 1.85. The summed E-state index contributed by atoms with van der Waals surface area (Å²) >= 11 is 0. The van der Waals surface area contributed by atoms with Crippen molar-refractivity contribution in [1.29, 1.82) is 0 Å². The van der Waals surface area contributed by atoms with Gasteiger partial charge in [0.2, 0.25) is 0 Å². The Hall–Kier alpha value is -1.30. The van der Waals surface area contributed by atoms with E-state index in [0.717, 1.165) is 23.6 Å². The first kappa shape index (κ1) is 16.8. The Morgan fingerprint density at radius 3 is 2.50 bits per heavy atom. The molecule has 0 amide bonds. The van der Waals surface area contributed by atoms with E-state index >= 15 is 0 Å². The molecule has 0 aliphatic heterocycles. The van der Waals surface area contributed by atoms with Crippen molar-refractivity contribution in [2.24, 2.45) is 0 Å². The van der Waals surface area contributed by atoms with Crippen LogP contribution in [0.25, 0.3) is 0 Å². The second kappa shape index (κ2) is 10.5. The van der Waals surface area contributed by atoms with E-state index in [2.05, 4.69) is 5.32 Å². The maximum atomic E-state index is 5.80. The number of para-hydroxylation sites is 1. The van der Waals surface area contributed by atoms with E-state index in [-0.39, 0.29) is 0 Å². The van der Waals surface area contributed by atoms with Crippen molar-refractivity contribution in [2.75, 3.05) is 47.2 Å². The third kappa shape index (κ3) is 5.77. The molecule has 0 saturated carbocycles. The molecule has 0 bridgehead atoms. The lowest BCUT2D eigenvalue weighted by molar-refractivity contribution is 0.142. The van der Waals surface area contributed by atoms with Gasteiger partial charge in [0, 0.05) is 32.9 Å². The van der Waals surface area contributed by atoms with Crippen LogP contribution in [0, 0.1) is 0 Å². The molecule has 5 heteroatoms. The Kier molecular flexibility index (Phi) is 8.78. The van der Waals surface area contributed by atoms with E-state index in [1.54, 1.807) is 14.2 Å². The number of benzene rings is 1. The summed E-state index contributed by atoms with van der Waals surface area (Å²) in [7, 11) is 3.35. The second-order valence-corrected chi connectivity index (χ2v) is 4.19. The zero-order valence-electron chi connectivity index (χ0n) is 12.6. The molecule has 1 N–H and O–H groups in total. The average Bonchev–Trinajstić information content (AvgIpc) is 2.46. The fourth-order valence-electron chi connectivity index (χ4n) is 1.76. The van der Waals surface area contributed by atoms with E-state index in [9.17, 15) is 0 Å². The van der Waals surface area contributed by atoms with Gasteiger partial charge in [0.15, 0.2) is 11.5 Å². The maximum absolute atomic E-state index is 5.80. The predicted molar refractivity (Wildman–Crippen MR) is 78.6 cm³/mol. The molecule has 0 atom stereocenters. The summed E-state index contributed by atoms with van der Waals surface area (Å²) < 4.78 is 21.4. The fraction of sp³-hybridized carbons (Fsp3) is 0.600. The number of ether oxygens (including phenoxy) is 4. The number of hydrogen-bond donors (Lipinski definition) is 1. The van der Waals surface area contributed by atoms with Gasteiger partial charge in [-0.25, -0.2) is 0 Å². The molecular formula is C15H25NO4. The molecule has 0 aliphatic rings. The molecule has 0 spiro atoms. The molecule has 0 aromatic heterocycles. The summed E-state index contributed by atoms with van der Waals surface area (Å²) in [5.41, 5.74) is 1.07. The summed E-state index contributed by atoms with van der Waals surface area (Å²) in [6.45, 7) is 5.83. The van der Waals surface area contributed by atoms with Crippen molar-refractivity contribution in [1.82, 2.24) is 5.32 Å². The highest BCUT2D eigenvalue weighted by Crippen LogP contribution is 2.31. The molecule has 20 heavy (non-hydrogen) atoms. The first-order valence-corrected chi connectivity index (χ1v) is 6.89. The zero-order chi connectivity index (χ0) is 14.6. The number of nitrogens with one attached hydrogen (secondary N) is 1. The van der Waals surface area contributed by atoms with E-state index in [1.807, 2.05) is 25.1 Å². The molecule has 0 radical (unpaired) electrons. The van der Waals surface area contributed by atoms with Crippen LogP contribution >= 0.6 is 0 Å². The summed E-state index contributed by atoms with van der Waals surface area (Å²) in [6, 6.07) is 5.93. The largest absolute Gasteiger partial charge is 0.490 e. The molecule has 0 fully saturated rings. The molecule has 0 unspecified atom stereocenters. The van der Waals surface area contributed by atoms with Gasteiger partial charge in [0.05, 0.1) is 19.8 Å². The minimum absolute atomic E-state index is 0.506. The Morgan fingerprint density at radius 2 is 1.80 bits per heavy atom. The number of methoxy groups -OCH3 is 2. The first-order chi connectivity index (χ1) is 9.83. The highest BCUT2D eigenvalue weighted by Gasteiger charge is 2.10. The van der Waals surface area contributed by atoms with Gasteiger partial charge in [-0.05, 0) is 13.0 Å². The van der Waals surface area contributed by atoms with Gasteiger partial charge in [0.1, 0.15) is 6.61 Å². The molecular weight excluding hydrogens is 258 g/mol. The first-order valence-electron chi connectivity index (χ1n) is 6.89. The van der Waals surface area contributed by atoms with Crippen molar-refractivity contribution >= 4 is 0 Å². The summed E-state index contributed by atoms with van der Waals surface area (Å²) in [5, 5.41) is 3.31. The van der Waals surface area contributed by atoms with Crippen molar-refractivity contribution in [3.05, 3.63) is 23.8 Å². The van der Waals surface area contributed by atoms with Gasteiger partial charge in [-0.1, -0.05) is 12.1 Å². The normalized spacial score (nSPS) is 10.6. The number of hydrogen-bond acceptors (Lipinski definition) is 5. The van der Waals surface area contributed by atoms with Gasteiger partial charge in [0.25, 0.3) is 0 Å². The quantitative estimate of drug-likeness (QED) is 0.628. The van der Waals surface area contributed by atoms with Crippen LogP contribution in [0.2, 0.25) is 0 Å². The lowest BCUT2D eigenvalue weighted by atomic mass is 10.2. The maximum Gasteiger partial charge on any atom is 0.165 e. The van der Waals surface area contributed by atoms with Crippen LogP contribution in [-0.4, -0.2) is 47.2 Å². The zero-order valence-corrected chi connectivity index (χ0v) is 12.6. The molecule has 0 aliphatic carbocycles.